The summed E-state index contributed by atoms with van der Waals surface area (Å²) in [5.74, 6) is 1.59. The summed E-state index contributed by atoms with van der Waals surface area (Å²) in [5.41, 5.74) is 1.39. The van der Waals surface area contributed by atoms with E-state index in [2.05, 4.69) is 37.3 Å². The summed E-state index contributed by atoms with van der Waals surface area (Å²) in [6.07, 6.45) is 4.61. The predicted molar refractivity (Wildman–Crippen MR) is 85.1 cm³/mol. The van der Waals surface area contributed by atoms with Gasteiger partial charge in [0.15, 0.2) is 0 Å². The number of anilines is 1. The number of ether oxygens (including phenoxy) is 1. The fourth-order valence-corrected chi connectivity index (χ4v) is 4.41. The summed E-state index contributed by atoms with van der Waals surface area (Å²) in [6.45, 7) is 1.88. The summed E-state index contributed by atoms with van der Waals surface area (Å²) in [6, 6.07) is 3.07. The van der Waals surface area contributed by atoms with Gasteiger partial charge in [-0.05, 0) is 64.4 Å². The summed E-state index contributed by atoms with van der Waals surface area (Å²) in [7, 11) is 1.77. The highest BCUT2D eigenvalue weighted by molar-refractivity contribution is 7.08. The Morgan fingerprint density at radius 3 is 3.09 bits per heavy atom. The molecule has 0 radical (unpaired) electrons. The lowest BCUT2D eigenvalue weighted by molar-refractivity contribution is 0.0729. The van der Waals surface area contributed by atoms with Crippen molar-refractivity contribution in [1.82, 2.24) is 20.2 Å². The van der Waals surface area contributed by atoms with Crippen LogP contribution in [0.4, 0.5) is 5.95 Å². The summed E-state index contributed by atoms with van der Waals surface area (Å²) >= 11 is 1.76. The standard InChI is InChI=1S/C15H21N5OS/c1-21-9-11-7-13(8-11)20-15(16-17-18-20)19-5-2-3-14(19)12-4-6-22-10-12/h4,6,10-11,13-14H,2-3,5,7-9H2,1H3. The maximum atomic E-state index is 5.24. The van der Waals surface area contributed by atoms with Crippen LogP contribution in [0.1, 0.15) is 43.3 Å². The largest absolute Gasteiger partial charge is 0.384 e. The van der Waals surface area contributed by atoms with Gasteiger partial charge >= 0.3 is 0 Å². The predicted octanol–water partition coefficient (Wildman–Crippen LogP) is 2.67. The molecule has 2 aromatic rings. The van der Waals surface area contributed by atoms with Gasteiger partial charge in [-0.15, -0.1) is 0 Å². The van der Waals surface area contributed by atoms with E-state index in [4.69, 9.17) is 4.74 Å². The second-order valence-corrected chi connectivity index (χ2v) is 7.06. The van der Waals surface area contributed by atoms with Crippen LogP contribution >= 0.6 is 11.3 Å². The van der Waals surface area contributed by atoms with Crippen molar-refractivity contribution in [3.63, 3.8) is 0 Å². The van der Waals surface area contributed by atoms with Gasteiger partial charge in [0.25, 0.3) is 0 Å². The molecule has 118 valence electrons. The number of hydrogen-bond acceptors (Lipinski definition) is 6. The monoisotopic (exact) mass is 319 g/mol. The van der Waals surface area contributed by atoms with Crippen LogP contribution in [-0.4, -0.2) is 40.5 Å². The molecule has 22 heavy (non-hydrogen) atoms. The lowest BCUT2D eigenvalue weighted by atomic mass is 9.81. The third kappa shape index (κ3) is 2.42. The average Bonchev–Trinajstić information content (AvgIpc) is 3.20. The van der Waals surface area contributed by atoms with E-state index >= 15 is 0 Å². The highest BCUT2D eigenvalue weighted by Gasteiger charge is 2.36. The van der Waals surface area contributed by atoms with Gasteiger partial charge in [-0.2, -0.15) is 11.3 Å². The molecule has 1 aliphatic carbocycles. The lowest BCUT2D eigenvalue weighted by Gasteiger charge is -2.36. The van der Waals surface area contributed by atoms with Gasteiger partial charge < -0.3 is 9.64 Å². The molecule has 2 aromatic heterocycles. The third-order valence-corrected chi connectivity index (χ3v) is 5.57. The van der Waals surface area contributed by atoms with Crippen molar-refractivity contribution in [3.8, 4) is 0 Å². The smallest absolute Gasteiger partial charge is 0.246 e. The van der Waals surface area contributed by atoms with Crippen molar-refractivity contribution in [3.05, 3.63) is 22.4 Å². The number of hydrogen-bond donors (Lipinski definition) is 0. The normalized spacial score (nSPS) is 28.0. The Labute approximate surface area is 134 Å². The molecule has 1 unspecified atom stereocenters. The Morgan fingerprint density at radius 2 is 2.32 bits per heavy atom. The van der Waals surface area contributed by atoms with E-state index in [0.717, 1.165) is 31.9 Å². The number of thiophene rings is 1. The number of rotatable bonds is 5. The van der Waals surface area contributed by atoms with Gasteiger partial charge in [-0.1, -0.05) is 5.10 Å². The third-order valence-electron chi connectivity index (χ3n) is 4.87. The summed E-state index contributed by atoms with van der Waals surface area (Å²) in [4.78, 5) is 2.38. The minimum atomic E-state index is 0.422. The topological polar surface area (TPSA) is 56.1 Å². The highest BCUT2D eigenvalue weighted by Crippen LogP contribution is 2.41. The van der Waals surface area contributed by atoms with Crippen LogP contribution in [0.15, 0.2) is 16.8 Å². The van der Waals surface area contributed by atoms with Crippen LogP contribution in [-0.2, 0) is 4.74 Å². The van der Waals surface area contributed by atoms with Crippen molar-refractivity contribution in [2.45, 2.75) is 37.8 Å². The SMILES string of the molecule is COCC1CC(n2nnnc2N2CCCC2c2ccsc2)C1. The highest BCUT2D eigenvalue weighted by atomic mass is 32.1. The Morgan fingerprint density at radius 1 is 1.41 bits per heavy atom. The van der Waals surface area contributed by atoms with E-state index in [9.17, 15) is 0 Å². The molecule has 1 saturated carbocycles. The lowest BCUT2D eigenvalue weighted by Crippen LogP contribution is -2.34. The molecular weight excluding hydrogens is 298 g/mol. The molecule has 4 rings (SSSR count). The number of methoxy groups -OCH3 is 1. The molecule has 6 nitrogen and oxygen atoms in total. The van der Waals surface area contributed by atoms with Gasteiger partial charge in [0.2, 0.25) is 5.95 Å². The molecule has 2 aliphatic rings. The minimum absolute atomic E-state index is 0.422. The minimum Gasteiger partial charge on any atom is -0.384 e. The molecule has 0 spiro atoms. The molecule has 0 bridgehead atoms. The number of tetrazole rings is 1. The van der Waals surface area contributed by atoms with Gasteiger partial charge in [0, 0.05) is 20.3 Å². The van der Waals surface area contributed by atoms with Crippen molar-refractivity contribution in [1.29, 1.82) is 0 Å². The first kappa shape index (κ1) is 14.1. The molecular formula is C15H21N5OS. The van der Waals surface area contributed by atoms with E-state index < -0.39 is 0 Å². The fraction of sp³-hybridized carbons (Fsp3) is 0.667. The van der Waals surface area contributed by atoms with E-state index in [1.54, 1.807) is 18.4 Å². The van der Waals surface area contributed by atoms with Crippen molar-refractivity contribution in [2.75, 3.05) is 25.2 Å². The number of aromatic nitrogens is 4. The van der Waals surface area contributed by atoms with Gasteiger partial charge in [-0.3, -0.25) is 0 Å². The van der Waals surface area contributed by atoms with Gasteiger partial charge in [0.05, 0.1) is 12.1 Å². The van der Waals surface area contributed by atoms with E-state index in [1.807, 2.05) is 4.68 Å². The summed E-state index contributed by atoms with van der Waals surface area (Å²) < 4.78 is 7.28. The van der Waals surface area contributed by atoms with Gasteiger partial charge in [-0.25, -0.2) is 4.68 Å². The second-order valence-electron chi connectivity index (χ2n) is 6.28. The second kappa shape index (κ2) is 5.96. The first-order valence-electron chi connectivity index (χ1n) is 7.92. The van der Waals surface area contributed by atoms with E-state index in [-0.39, 0.29) is 0 Å². The Balaban J connectivity index is 1.53. The molecule has 0 N–H and O–H groups in total. The maximum Gasteiger partial charge on any atom is 0.246 e. The van der Waals surface area contributed by atoms with Crippen LogP contribution in [0.2, 0.25) is 0 Å². The molecule has 7 heteroatoms. The molecule has 1 atom stereocenters. The first-order valence-corrected chi connectivity index (χ1v) is 8.86. The van der Waals surface area contributed by atoms with E-state index in [1.165, 1.54) is 18.4 Å². The van der Waals surface area contributed by atoms with Crippen LogP contribution in [0.3, 0.4) is 0 Å². The Hall–Kier alpha value is -1.47. The zero-order valence-electron chi connectivity index (χ0n) is 12.8. The van der Waals surface area contributed by atoms with Crippen LogP contribution in [0.25, 0.3) is 0 Å². The first-order chi connectivity index (χ1) is 10.9. The molecule has 2 fully saturated rings. The molecule has 0 amide bonds. The van der Waals surface area contributed by atoms with Crippen molar-refractivity contribution >= 4 is 17.3 Å². The molecule has 1 saturated heterocycles. The quantitative estimate of drug-likeness (QED) is 0.848. The van der Waals surface area contributed by atoms with E-state index in [0.29, 0.717) is 18.0 Å². The molecule has 0 aromatic carbocycles. The zero-order chi connectivity index (χ0) is 14.9. The van der Waals surface area contributed by atoms with Gasteiger partial charge in [0.1, 0.15) is 0 Å². The van der Waals surface area contributed by atoms with Crippen molar-refractivity contribution in [2.24, 2.45) is 5.92 Å². The number of nitrogens with zero attached hydrogens (tertiary/aromatic N) is 5. The molecule has 1 aliphatic heterocycles. The molecule has 3 heterocycles. The van der Waals surface area contributed by atoms with Crippen molar-refractivity contribution < 1.29 is 4.74 Å². The summed E-state index contributed by atoms with van der Waals surface area (Å²) in [5, 5.41) is 16.9. The van der Waals surface area contributed by atoms with Crippen LogP contribution in [0.5, 0.6) is 0 Å². The van der Waals surface area contributed by atoms with Crippen LogP contribution in [0, 0.1) is 5.92 Å². The Bertz CT molecular complexity index is 607. The van der Waals surface area contributed by atoms with Crippen LogP contribution < -0.4 is 4.90 Å². The average molecular weight is 319 g/mol. The fourth-order valence-electron chi connectivity index (χ4n) is 3.70. The maximum absolute atomic E-state index is 5.24. The Kier molecular flexibility index (Phi) is 3.83. The zero-order valence-corrected chi connectivity index (χ0v) is 13.6.